The van der Waals surface area contributed by atoms with Gasteiger partial charge in [0.25, 0.3) is 5.91 Å². The molecule has 25 heavy (non-hydrogen) atoms. The third-order valence-corrected chi connectivity index (χ3v) is 6.72. The van der Waals surface area contributed by atoms with Gasteiger partial charge in [-0.1, -0.05) is 29.8 Å². The number of fused-ring (bicyclic) bond motifs is 1. The minimum Gasteiger partial charge on any atom is -0.379 e. The predicted molar refractivity (Wildman–Crippen MR) is 96.3 cm³/mol. The normalized spacial score (nSPS) is 21.1. The maximum atomic E-state index is 12.6. The Morgan fingerprint density at radius 3 is 2.76 bits per heavy atom. The van der Waals surface area contributed by atoms with Gasteiger partial charge in [0.1, 0.15) is 5.69 Å². The van der Waals surface area contributed by atoms with Gasteiger partial charge in [-0.05, 0) is 6.07 Å². The highest BCUT2D eigenvalue weighted by Gasteiger charge is 2.34. The molecule has 2 atom stereocenters. The number of rotatable bonds is 5. The van der Waals surface area contributed by atoms with Crippen LogP contribution in [0, 0.1) is 5.92 Å². The van der Waals surface area contributed by atoms with Crippen LogP contribution < -0.4 is 5.32 Å². The quantitative estimate of drug-likeness (QED) is 0.815. The summed E-state index contributed by atoms with van der Waals surface area (Å²) in [6.07, 6.45) is 0. The first-order chi connectivity index (χ1) is 11.8. The molecule has 0 saturated carbocycles. The summed E-state index contributed by atoms with van der Waals surface area (Å²) in [6.45, 7) is 0.565. The largest absolute Gasteiger partial charge is 0.379 e. The van der Waals surface area contributed by atoms with Gasteiger partial charge in [-0.2, -0.15) is 0 Å². The van der Waals surface area contributed by atoms with Crippen molar-refractivity contribution in [2.75, 3.05) is 33.1 Å². The lowest BCUT2D eigenvalue weighted by molar-refractivity contribution is 0.0922. The predicted octanol–water partition coefficient (Wildman–Crippen LogP) is 1.46. The molecule has 9 heteroatoms. The highest BCUT2D eigenvalue weighted by molar-refractivity contribution is 7.89. The number of benzene rings is 1. The Balaban J connectivity index is 1.76. The molecule has 7 nitrogen and oxygen atoms in total. The van der Waals surface area contributed by atoms with Gasteiger partial charge >= 0.3 is 0 Å². The Labute approximate surface area is 151 Å². The minimum absolute atomic E-state index is 0.0780. The Morgan fingerprint density at radius 1 is 1.36 bits per heavy atom. The van der Waals surface area contributed by atoms with Crippen molar-refractivity contribution in [3.05, 3.63) is 35.0 Å². The zero-order valence-electron chi connectivity index (χ0n) is 14.0. The lowest BCUT2D eigenvalue weighted by Crippen LogP contribution is -2.43. The fourth-order valence-corrected chi connectivity index (χ4v) is 4.31. The number of amides is 1. The molecule has 0 bridgehead atoms. The van der Waals surface area contributed by atoms with Crippen molar-refractivity contribution < 1.29 is 17.9 Å². The molecule has 1 aliphatic rings. The van der Waals surface area contributed by atoms with E-state index in [9.17, 15) is 13.2 Å². The van der Waals surface area contributed by atoms with E-state index in [0.717, 1.165) is 10.9 Å². The van der Waals surface area contributed by atoms with E-state index < -0.39 is 10.0 Å². The summed E-state index contributed by atoms with van der Waals surface area (Å²) in [5, 5.41) is 3.96. The SMILES string of the molecule is CN(C)S(=O)(=O)C[C@@H]1COC[C@@H]1NC(=O)c1[nH]c2ccccc2c1Cl. The third-order valence-electron chi connectivity index (χ3n) is 4.37. The van der Waals surface area contributed by atoms with Crippen molar-refractivity contribution >= 4 is 38.4 Å². The number of H-pyrrole nitrogens is 1. The molecule has 0 spiro atoms. The Bertz CT molecular complexity index is 894. The van der Waals surface area contributed by atoms with Crippen molar-refractivity contribution in [3.8, 4) is 0 Å². The first-order valence-electron chi connectivity index (χ1n) is 7.84. The number of carbonyl (C=O) groups excluding carboxylic acids is 1. The van der Waals surface area contributed by atoms with Crippen molar-refractivity contribution in [2.24, 2.45) is 5.92 Å². The van der Waals surface area contributed by atoms with E-state index in [1.807, 2.05) is 24.3 Å². The number of hydrogen-bond acceptors (Lipinski definition) is 4. The molecule has 0 unspecified atom stereocenters. The number of nitrogens with one attached hydrogen (secondary N) is 2. The molecule has 1 aliphatic heterocycles. The maximum Gasteiger partial charge on any atom is 0.269 e. The number of aromatic amines is 1. The molecule has 2 N–H and O–H groups in total. The van der Waals surface area contributed by atoms with Crippen LogP contribution in [0.1, 0.15) is 10.5 Å². The van der Waals surface area contributed by atoms with Crippen LogP contribution in [-0.4, -0.2) is 62.7 Å². The van der Waals surface area contributed by atoms with Crippen LogP contribution in [0.5, 0.6) is 0 Å². The number of halogens is 1. The average molecular weight is 386 g/mol. The first-order valence-corrected chi connectivity index (χ1v) is 9.83. The van der Waals surface area contributed by atoms with Gasteiger partial charge in [-0.25, -0.2) is 12.7 Å². The molecule has 1 amide bonds. The lowest BCUT2D eigenvalue weighted by Gasteiger charge is -2.20. The van der Waals surface area contributed by atoms with E-state index >= 15 is 0 Å². The molecule has 1 aromatic carbocycles. The molecule has 136 valence electrons. The number of carbonyl (C=O) groups is 1. The molecular formula is C16H20ClN3O4S. The standard InChI is InChI=1S/C16H20ClN3O4S/c1-20(2)25(22,23)9-10-7-24-8-13(10)19-16(21)15-14(17)11-5-3-4-6-12(11)18-15/h3-6,10,13,18H,7-9H2,1-2H3,(H,19,21)/t10-,13-/m0/s1. The van der Waals surface area contributed by atoms with Crippen molar-refractivity contribution in [3.63, 3.8) is 0 Å². The number of hydrogen-bond donors (Lipinski definition) is 2. The number of nitrogens with zero attached hydrogens (tertiary/aromatic N) is 1. The zero-order chi connectivity index (χ0) is 18.2. The molecule has 3 rings (SSSR count). The summed E-state index contributed by atoms with van der Waals surface area (Å²) in [5.41, 5.74) is 1.04. The summed E-state index contributed by atoms with van der Waals surface area (Å²) in [7, 11) is -0.397. The maximum absolute atomic E-state index is 12.6. The minimum atomic E-state index is -3.38. The van der Waals surface area contributed by atoms with Crippen molar-refractivity contribution in [2.45, 2.75) is 6.04 Å². The van der Waals surface area contributed by atoms with Crippen LogP contribution in [0.15, 0.2) is 24.3 Å². The zero-order valence-corrected chi connectivity index (χ0v) is 15.5. The number of para-hydroxylation sites is 1. The van der Waals surface area contributed by atoms with E-state index in [2.05, 4.69) is 10.3 Å². The second kappa shape index (κ2) is 6.95. The highest BCUT2D eigenvalue weighted by Crippen LogP contribution is 2.27. The van der Waals surface area contributed by atoms with Crippen LogP contribution in [0.2, 0.25) is 5.02 Å². The summed E-state index contributed by atoms with van der Waals surface area (Å²) in [4.78, 5) is 15.6. The second-order valence-corrected chi connectivity index (χ2v) is 8.90. The summed E-state index contributed by atoms with van der Waals surface area (Å²) in [5.74, 6) is -0.755. The topological polar surface area (TPSA) is 91.5 Å². The van der Waals surface area contributed by atoms with Crippen LogP contribution in [0.3, 0.4) is 0 Å². The van der Waals surface area contributed by atoms with E-state index in [1.54, 1.807) is 0 Å². The lowest BCUT2D eigenvalue weighted by atomic mass is 10.1. The number of sulfonamides is 1. The molecular weight excluding hydrogens is 366 g/mol. The summed E-state index contributed by atoms with van der Waals surface area (Å²) in [6, 6.07) is 6.98. The molecule has 2 heterocycles. The first kappa shape index (κ1) is 18.2. The number of ether oxygens (including phenoxy) is 1. The fraction of sp³-hybridized carbons (Fsp3) is 0.438. The highest BCUT2D eigenvalue weighted by atomic mass is 35.5. The van der Waals surface area contributed by atoms with Gasteiger partial charge in [0.15, 0.2) is 0 Å². The molecule has 2 aromatic rings. The second-order valence-electron chi connectivity index (χ2n) is 6.30. The summed E-state index contributed by atoms with van der Waals surface area (Å²) < 4.78 is 30.7. The summed E-state index contributed by atoms with van der Waals surface area (Å²) >= 11 is 6.30. The monoisotopic (exact) mass is 385 g/mol. The van der Waals surface area contributed by atoms with Crippen molar-refractivity contribution in [1.29, 1.82) is 0 Å². The Hall–Kier alpha value is -1.61. The molecule has 0 aliphatic carbocycles. The van der Waals surface area contributed by atoms with Gasteiger partial charge in [0.2, 0.25) is 10.0 Å². The van der Waals surface area contributed by atoms with E-state index in [1.165, 1.54) is 18.4 Å². The third kappa shape index (κ3) is 3.67. The van der Waals surface area contributed by atoms with Crippen LogP contribution in [-0.2, 0) is 14.8 Å². The smallest absolute Gasteiger partial charge is 0.269 e. The fourth-order valence-electron chi connectivity index (χ4n) is 2.85. The van der Waals surface area contributed by atoms with E-state index in [0.29, 0.717) is 11.6 Å². The van der Waals surface area contributed by atoms with Gasteiger partial charge in [-0.3, -0.25) is 4.79 Å². The van der Waals surface area contributed by atoms with Gasteiger partial charge in [-0.15, -0.1) is 0 Å². The molecule has 1 fully saturated rings. The van der Waals surface area contributed by atoms with E-state index in [-0.39, 0.29) is 35.9 Å². The van der Waals surface area contributed by atoms with Crippen LogP contribution >= 0.6 is 11.6 Å². The van der Waals surface area contributed by atoms with E-state index in [4.69, 9.17) is 16.3 Å². The molecule has 1 saturated heterocycles. The van der Waals surface area contributed by atoms with Gasteiger partial charge < -0.3 is 15.0 Å². The van der Waals surface area contributed by atoms with Gasteiger partial charge in [0, 0.05) is 30.9 Å². The Morgan fingerprint density at radius 2 is 2.08 bits per heavy atom. The van der Waals surface area contributed by atoms with Crippen LogP contribution in [0.25, 0.3) is 10.9 Å². The molecule has 0 radical (unpaired) electrons. The van der Waals surface area contributed by atoms with Gasteiger partial charge in [0.05, 0.1) is 30.0 Å². The molecule has 1 aromatic heterocycles. The van der Waals surface area contributed by atoms with Crippen molar-refractivity contribution in [1.82, 2.24) is 14.6 Å². The average Bonchev–Trinajstić information content (AvgIpc) is 3.12. The number of aromatic nitrogens is 1. The Kier molecular flexibility index (Phi) is 5.06. The van der Waals surface area contributed by atoms with Crippen LogP contribution in [0.4, 0.5) is 0 Å².